The molecule has 0 aliphatic carbocycles. The summed E-state index contributed by atoms with van der Waals surface area (Å²) >= 11 is 0. The quantitative estimate of drug-likeness (QED) is 0.576. The number of nitrogens with zero attached hydrogens (tertiary/aromatic N) is 1. The summed E-state index contributed by atoms with van der Waals surface area (Å²) in [5.41, 5.74) is -0.300. The highest BCUT2D eigenvalue weighted by Gasteiger charge is 2.12. The van der Waals surface area contributed by atoms with Gasteiger partial charge in [-0.3, -0.25) is 10.1 Å². The third-order valence-corrected chi connectivity index (χ3v) is 3.93. The number of benzene rings is 3. The average molecular weight is 330 g/mol. The van der Waals surface area contributed by atoms with Crippen LogP contribution in [0.3, 0.4) is 0 Å². The van der Waals surface area contributed by atoms with Crippen LogP contribution in [0.25, 0.3) is 10.8 Å². The van der Waals surface area contributed by atoms with Crippen LogP contribution in [0.4, 0.5) is 5.69 Å². The summed E-state index contributed by atoms with van der Waals surface area (Å²) in [5, 5.41) is 17.6. The topological polar surface area (TPSA) is 103 Å². The van der Waals surface area contributed by atoms with Crippen molar-refractivity contribution < 1.29 is 13.3 Å². The van der Waals surface area contributed by atoms with Gasteiger partial charge < -0.3 is 0 Å². The molecule has 0 aromatic heterocycles. The fraction of sp³-hybridized carbons (Fsp3) is 0. The smallest absolute Gasteiger partial charge is 0.258 e. The van der Waals surface area contributed by atoms with Gasteiger partial charge >= 0.3 is 0 Å². The molecule has 3 aromatic carbocycles. The molecule has 0 atom stereocenters. The van der Waals surface area contributed by atoms with Crippen LogP contribution in [-0.2, 0) is 10.0 Å². The summed E-state index contributed by atoms with van der Waals surface area (Å²) < 4.78 is 21.5. The monoisotopic (exact) mass is 330 g/mol. The molecule has 0 radical (unpaired) electrons. The molecule has 0 saturated heterocycles. The lowest BCUT2D eigenvalue weighted by atomic mass is 10.1. The SMILES string of the molecule is NS(=O)(=O)c1cccc([N+](=O)[O-])c1.c1ccc2ccccc2c1. The number of nitro benzene ring substituents is 1. The maximum absolute atomic E-state index is 10.8. The molecule has 0 saturated carbocycles. The molecule has 0 aliphatic heterocycles. The minimum absolute atomic E-state index is 0.262. The zero-order valence-corrected chi connectivity index (χ0v) is 12.8. The van der Waals surface area contributed by atoms with E-state index in [0.29, 0.717) is 0 Å². The Labute approximate surface area is 133 Å². The van der Waals surface area contributed by atoms with Gasteiger partial charge in [0.25, 0.3) is 5.69 Å². The highest BCUT2D eigenvalue weighted by molar-refractivity contribution is 7.89. The van der Waals surface area contributed by atoms with E-state index in [1.807, 2.05) is 0 Å². The lowest BCUT2D eigenvalue weighted by Crippen LogP contribution is -2.12. The summed E-state index contributed by atoms with van der Waals surface area (Å²) in [6, 6.07) is 21.3. The van der Waals surface area contributed by atoms with E-state index in [2.05, 4.69) is 48.5 Å². The Morgan fingerprint density at radius 2 is 1.30 bits per heavy atom. The Morgan fingerprint density at radius 3 is 1.70 bits per heavy atom. The fourth-order valence-electron chi connectivity index (χ4n) is 1.91. The second kappa shape index (κ2) is 6.99. The van der Waals surface area contributed by atoms with Gasteiger partial charge in [0.15, 0.2) is 0 Å². The lowest BCUT2D eigenvalue weighted by Gasteiger charge is -1.96. The molecular weight excluding hydrogens is 316 g/mol. The van der Waals surface area contributed by atoms with E-state index in [0.717, 1.165) is 6.07 Å². The van der Waals surface area contributed by atoms with Gasteiger partial charge in [0.05, 0.1) is 9.82 Å². The molecule has 0 aliphatic rings. The van der Waals surface area contributed by atoms with Crippen molar-refractivity contribution >= 4 is 26.5 Å². The minimum atomic E-state index is -3.86. The van der Waals surface area contributed by atoms with Gasteiger partial charge in [-0.05, 0) is 16.8 Å². The van der Waals surface area contributed by atoms with Gasteiger partial charge in [0.1, 0.15) is 0 Å². The van der Waals surface area contributed by atoms with Gasteiger partial charge in [-0.2, -0.15) is 0 Å². The minimum Gasteiger partial charge on any atom is -0.258 e. The fourth-order valence-corrected chi connectivity index (χ4v) is 2.46. The first-order valence-corrected chi connectivity index (χ1v) is 8.13. The van der Waals surface area contributed by atoms with Crippen molar-refractivity contribution in [2.24, 2.45) is 5.14 Å². The number of non-ortho nitro benzene ring substituents is 1. The van der Waals surface area contributed by atoms with Crippen molar-refractivity contribution in [2.45, 2.75) is 4.90 Å². The summed E-state index contributed by atoms with van der Waals surface area (Å²) in [7, 11) is -3.86. The van der Waals surface area contributed by atoms with Crippen molar-refractivity contribution in [2.75, 3.05) is 0 Å². The molecule has 0 fully saturated rings. The van der Waals surface area contributed by atoms with Gasteiger partial charge in [-0.1, -0.05) is 54.6 Å². The average Bonchev–Trinajstić information content (AvgIpc) is 2.55. The number of hydrogen-bond acceptors (Lipinski definition) is 4. The molecule has 0 heterocycles. The summed E-state index contributed by atoms with van der Waals surface area (Å²) in [5.74, 6) is 0. The number of sulfonamides is 1. The number of nitrogens with two attached hydrogens (primary N) is 1. The van der Waals surface area contributed by atoms with E-state index in [-0.39, 0.29) is 10.6 Å². The third-order valence-electron chi connectivity index (χ3n) is 3.02. The number of nitro groups is 1. The van der Waals surface area contributed by atoms with Gasteiger partial charge in [-0.15, -0.1) is 0 Å². The highest BCUT2D eigenvalue weighted by Crippen LogP contribution is 2.15. The van der Waals surface area contributed by atoms with E-state index in [1.165, 1.54) is 29.0 Å². The van der Waals surface area contributed by atoms with Crippen LogP contribution in [0.1, 0.15) is 0 Å². The summed E-state index contributed by atoms with van der Waals surface area (Å²) in [4.78, 5) is 9.30. The first-order valence-electron chi connectivity index (χ1n) is 6.59. The Morgan fingerprint density at radius 1 is 0.826 bits per heavy atom. The first kappa shape index (κ1) is 16.6. The molecule has 0 amide bonds. The van der Waals surface area contributed by atoms with Gasteiger partial charge in [-0.25, -0.2) is 13.6 Å². The Hall–Kier alpha value is -2.77. The third kappa shape index (κ3) is 4.60. The normalized spacial score (nSPS) is 10.7. The highest BCUT2D eigenvalue weighted by atomic mass is 32.2. The van der Waals surface area contributed by atoms with Crippen LogP contribution in [0, 0.1) is 10.1 Å². The molecule has 23 heavy (non-hydrogen) atoms. The van der Waals surface area contributed by atoms with Gasteiger partial charge in [0, 0.05) is 12.1 Å². The molecule has 6 nitrogen and oxygen atoms in total. The van der Waals surface area contributed by atoms with Crippen LogP contribution in [0.5, 0.6) is 0 Å². The van der Waals surface area contributed by atoms with E-state index in [9.17, 15) is 18.5 Å². The zero-order chi connectivity index (χ0) is 16.9. The molecule has 118 valence electrons. The number of hydrogen-bond donors (Lipinski definition) is 1. The molecule has 3 aromatic rings. The van der Waals surface area contributed by atoms with Gasteiger partial charge in [0.2, 0.25) is 10.0 Å². The van der Waals surface area contributed by atoms with Crippen LogP contribution in [-0.4, -0.2) is 13.3 Å². The van der Waals surface area contributed by atoms with Crippen molar-refractivity contribution in [3.63, 3.8) is 0 Å². The van der Waals surface area contributed by atoms with Crippen LogP contribution in [0.2, 0.25) is 0 Å². The standard InChI is InChI=1S/C10H8.C6H6N2O4S/c1-2-6-10-8-4-3-7-9(10)5-1;7-13(11,12)6-3-1-2-5(4-6)8(9)10/h1-8H;1-4H,(H2,7,11,12). The second-order valence-corrected chi connectivity index (χ2v) is 6.21. The van der Waals surface area contributed by atoms with E-state index >= 15 is 0 Å². The number of primary sulfonamides is 1. The first-order chi connectivity index (χ1) is 10.9. The molecule has 0 unspecified atom stereocenters. The molecule has 3 rings (SSSR count). The Balaban J connectivity index is 0.000000172. The molecule has 0 spiro atoms. The van der Waals surface area contributed by atoms with Crippen molar-refractivity contribution in [3.8, 4) is 0 Å². The molecule has 0 bridgehead atoms. The summed E-state index contributed by atoms with van der Waals surface area (Å²) in [6.07, 6.45) is 0. The predicted molar refractivity (Wildman–Crippen MR) is 88.4 cm³/mol. The van der Waals surface area contributed by atoms with E-state index in [4.69, 9.17) is 5.14 Å². The van der Waals surface area contributed by atoms with Crippen molar-refractivity contribution in [3.05, 3.63) is 82.9 Å². The van der Waals surface area contributed by atoms with Crippen molar-refractivity contribution in [1.29, 1.82) is 0 Å². The number of fused-ring (bicyclic) bond motifs is 1. The second-order valence-electron chi connectivity index (χ2n) is 4.65. The maximum Gasteiger partial charge on any atom is 0.270 e. The Bertz CT molecular complexity index is 874. The Kier molecular flexibility index (Phi) is 5.05. The van der Waals surface area contributed by atoms with Crippen LogP contribution >= 0.6 is 0 Å². The molecule has 7 heteroatoms. The predicted octanol–water partition coefficient (Wildman–Crippen LogP) is 3.08. The van der Waals surface area contributed by atoms with Crippen molar-refractivity contribution in [1.82, 2.24) is 0 Å². The van der Waals surface area contributed by atoms with Crippen LogP contribution < -0.4 is 5.14 Å². The maximum atomic E-state index is 10.8. The van der Waals surface area contributed by atoms with E-state index < -0.39 is 14.9 Å². The van der Waals surface area contributed by atoms with Crippen LogP contribution in [0.15, 0.2) is 77.7 Å². The zero-order valence-electron chi connectivity index (χ0n) is 12.0. The largest absolute Gasteiger partial charge is 0.270 e. The summed E-state index contributed by atoms with van der Waals surface area (Å²) in [6.45, 7) is 0. The number of rotatable bonds is 2. The molecular formula is C16H14N2O4S. The molecule has 2 N–H and O–H groups in total. The van der Waals surface area contributed by atoms with E-state index in [1.54, 1.807) is 0 Å². The lowest BCUT2D eigenvalue weighted by molar-refractivity contribution is -0.385.